The molecule has 1 aromatic heterocycles. The Kier molecular flexibility index (Phi) is 2.71. The van der Waals surface area contributed by atoms with Crippen molar-refractivity contribution >= 4 is 5.69 Å². The van der Waals surface area contributed by atoms with E-state index < -0.39 is 0 Å². The van der Waals surface area contributed by atoms with Gasteiger partial charge in [-0.1, -0.05) is 13.8 Å². The third-order valence-electron chi connectivity index (χ3n) is 3.50. The molecule has 3 atom stereocenters. The highest BCUT2D eigenvalue weighted by molar-refractivity contribution is 5.42. The normalized spacial score (nSPS) is 31.7. The van der Waals surface area contributed by atoms with Crippen molar-refractivity contribution in [1.82, 2.24) is 4.98 Å². The van der Waals surface area contributed by atoms with Crippen LogP contribution >= 0.6 is 0 Å². The molecule has 0 amide bonds. The van der Waals surface area contributed by atoms with Crippen molar-refractivity contribution in [3.63, 3.8) is 0 Å². The number of pyridine rings is 1. The number of rotatable bonds is 2. The van der Waals surface area contributed by atoms with Crippen molar-refractivity contribution in [2.45, 2.75) is 32.7 Å². The zero-order valence-electron chi connectivity index (χ0n) is 8.90. The van der Waals surface area contributed by atoms with Crippen LogP contribution in [-0.2, 0) is 0 Å². The quantitative estimate of drug-likeness (QED) is 0.775. The van der Waals surface area contributed by atoms with Gasteiger partial charge in [0.05, 0.1) is 0 Å². The maximum atomic E-state index is 4.01. The van der Waals surface area contributed by atoms with Gasteiger partial charge in [0.2, 0.25) is 0 Å². The largest absolute Gasteiger partial charge is 0.382 e. The average molecular weight is 190 g/mol. The predicted octanol–water partition coefficient (Wildman–Crippen LogP) is 2.93. The second-order valence-electron chi connectivity index (χ2n) is 4.40. The predicted molar refractivity (Wildman–Crippen MR) is 59.2 cm³/mol. The minimum Gasteiger partial charge on any atom is -0.382 e. The van der Waals surface area contributed by atoms with Gasteiger partial charge in [0.1, 0.15) is 0 Å². The highest BCUT2D eigenvalue weighted by Crippen LogP contribution is 2.32. The lowest BCUT2D eigenvalue weighted by Crippen LogP contribution is -2.23. The minimum atomic E-state index is 0.646. The van der Waals surface area contributed by atoms with Gasteiger partial charge in [-0.3, -0.25) is 4.98 Å². The van der Waals surface area contributed by atoms with Gasteiger partial charge in [0.15, 0.2) is 0 Å². The number of hydrogen-bond donors (Lipinski definition) is 1. The Morgan fingerprint density at radius 3 is 2.50 bits per heavy atom. The number of nitrogens with zero attached hydrogens (tertiary/aromatic N) is 1. The van der Waals surface area contributed by atoms with Crippen LogP contribution in [0.2, 0.25) is 0 Å². The van der Waals surface area contributed by atoms with E-state index in [0.717, 1.165) is 11.8 Å². The molecule has 1 aliphatic carbocycles. The highest BCUT2D eigenvalue weighted by atomic mass is 14.9. The molecule has 76 valence electrons. The lowest BCUT2D eigenvalue weighted by molar-refractivity contribution is 0.435. The van der Waals surface area contributed by atoms with Gasteiger partial charge in [-0.2, -0.15) is 0 Å². The van der Waals surface area contributed by atoms with Gasteiger partial charge >= 0.3 is 0 Å². The SMILES string of the molecule is CC1CCC(Nc2ccncc2)C1C. The second kappa shape index (κ2) is 3.99. The monoisotopic (exact) mass is 190 g/mol. The summed E-state index contributed by atoms with van der Waals surface area (Å²) in [5.74, 6) is 1.64. The summed E-state index contributed by atoms with van der Waals surface area (Å²) in [5.41, 5.74) is 1.20. The van der Waals surface area contributed by atoms with Gasteiger partial charge in [-0.05, 0) is 36.8 Å². The van der Waals surface area contributed by atoms with Crippen LogP contribution < -0.4 is 5.32 Å². The van der Waals surface area contributed by atoms with Crippen LogP contribution in [0, 0.1) is 11.8 Å². The first-order valence-corrected chi connectivity index (χ1v) is 5.44. The topological polar surface area (TPSA) is 24.9 Å². The Labute approximate surface area is 85.7 Å². The summed E-state index contributed by atoms with van der Waals surface area (Å²) in [6.45, 7) is 4.69. The first kappa shape index (κ1) is 9.50. The maximum absolute atomic E-state index is 4.01. The molecule has 0 bridgehead atoms. The van der Waals surface area contributed by atoms with Crippen molar-refractivity contribution < 1.29 is 0 Å². The van der Waals surface area contributed by atoms with E-state index in [9.17, 15) is 0 Å². The van der Waals surface area contributed by atoms with Gasteiger partial charge in [-0.15, -0.1) is 0 Å². The van der Waals surface area contributed by atoms with E-state index in [2.05, 4.69) is 24.1 Å². The van der Waals surface area contributed by atoms with Crippen molar-refractivity contribution in [1.29, 1.82) is 0 Å². The molecule has 2 nitrogen and oxygen atoms in total. The first-order valence-electron chi connectivity index (χ1n) is 5.44. The number of aromatic nitrogens is 1. The summed E-state index contributed by atoms with van der Waals surface area (Å²) in [6, 6.07) is 4.72. The molecule has 0 saturated heterocycles. The van der Waals surface area contributed by atoms with E-state index in [1.807, 2.05) is 24.5 Å². The third kappa shape index (κ3) is 1.89. The van der Waals surface area contributed by atoms with E-state index >= 15 is 0 Å². The molecule has 1 aromatic rings. The van der Waals surface area contributed by atoms with Gasteiger partial charge in [0.25, 0.3) is 0 Å². The molecule has 1 heterocycles. The molecule has 0 aliphatic heterocycles. The van der Waals surface area contributed by atoms with Gasteiger partial charge in [0, 0.05) is 24.1 Å². The molecular formula is C12H18N2. The Morgan fingerprint density at radius 1 is 1.21 bits per heavy atom. The smallest absolute Gasteiger partial charge is 0.0373 e. The molecule has 1 saturated carbocycles. The van der Waals surface area contributed by atoms with Crippen LogP contribution in [0.5, 0.6) is 0 Å². The molecule has 14 heavy (non-hydrogen) atoms. The molecule has 2 heteroatoms. The molecule has 0 aromatic carbocycles. The highest BCUT2D eigenvalue weighted by Gasteiger charge is 2.29. The molecule has 3 unspecified atom stereocenters. The van der Waals surface area contributed by atoms with Crippen molar-refractivity contribution in [2.24, 2.45) is 11.8 Å². The van der Waals surface area contributed by atoms with Crippen LogP contribution in [0.4, 0.5) is 5.69 Å². The van der Waals surface area contributed by atoms with E-state index in [1.165, 1.54) is 18.5 Å². The third-order valence-corrected chi connectivity index (χ3v) is 3.50. The van der Waals surface area contributed by atoms with E-state index in [4.69, 9.17) is 0 Å². The Bertz CT molecular complexity index is 284. The molecule has 1 N–H and O–H groups in total. The van der Waals surface area contributed by atoms with Crippen LogP contribution in [-0.4, -0.2) is 11.0 Å². The standard InChI is InChI=1S/C12H18N2/c1-9-3-4-12(10(9)2)14-11-5-7-13-8-6-11/h5-10,12H,3-4H2,1-2H3,(H,13,14). The van der Waals surface area contributed by atoms with E-state index in [-0.39, 0.29) is 0 Å². The number of anilines is 1. The molecule has 1 aliphatic rings. The minimum absolute atomic E-state index is 0.646. The first-order chi connectivity index (χ1) is 6.77. The summed E-state index contributed by atoms with van der Waals surface area (Å²) in [5, 5.41) is 3.58. The second-order valence-corrected chi connectivity index (χ2v) is 4.40. The maximum Gasteiger partial charge on any atom is 0.0373 e. The van der Waals surface area contributed by atoms with Gasteiger partial charge < -0.3 is 5.32 Å². The lowest BCUT2D eigenvalue weighted by atomic mass is 9.98. The fourth-order valence-electron chi connectivity index (χ4n) is 2.23. The molecule has 1 fully saturated rings. The number of hydrogen-bond acceptors (Lipinski definition) is 2. The zero-order chi connectivity index (χ0) is 9.97. The van der Waals surface area contributed by atoms with E-state index in [0.29, 0.717) is 6.04 Å². The molecular weight excluding hydrogens is 172 g/mol. The van der Waals surface area contributed by atoms with E-state index in [1.54, 1.807) is 0 Å². The summed E-state index contributed by atoms with van der Waals surface area (Å²) >= 11 is 0. The van der Waals surface area contributed by atoms with Gasteiger partial charge in [-0.25, -0.2) is 0 Å². The van der Waals surface area contributed by atoms with Crippen molar-refractivity contribution in [3.8, 4) is 0 Å². The van der Waals surface area contributed by atoms with Crippen LogP contribution in [0.3, 0.4) is 0 Å². The van der Waals surface area contributed by atoms with Crippen LogP contribution in [0.25, 0.3) is 0 Å². The number of nitrogens with one attached hydrogen (secondary N) is 1. The Morgan fingerprint density at radius 2 is 1.93 bits per heavy atom. The summed E-state index contributed by atoms with van der Waals surface area (Å²) in [6.07, 6.45) is 6.32. The zero-order valence-corrected chi connectivity index (χ0v) is 8.90. The summed E-state index contributed by atoms with van der Waals surface area (Å²) in [7, 11) is 0. The van der Waals surface area contributed by atoms with Crippen molar-refractivity contribution in [2.75, 3.05) is 5.32 Å². The summed E-state index contributed by atoms with van der Waals surface area (Å²) < 4.78 is 0. The van der Waals surface area contributed by atoms with Crippen LogP contribution in [0.1, 0.15) is 26.7 Å². The molecule has 2 rings (SSSR count). The molecule has 0 radical (unpaired) electrons. The fourth-order valence-corrected chi connectivity index (χ4v) is 2.23. The fraction of sp³-hybridized carbons (Fsp3) is 0.583. The Hall–Kier alpha value is -1.05. The Balaban J connectivity index is 1.99. The average Bonchev–Trinajstić information content (AvgIpc) is 2.52. The lowest BCUT2D eigenvalue weighted by Gasteiger charge is -2.20. The summed E-state index contributed by atoms with van der Waals surface area (Å²) in [4.78, 5) is 4.01. The molecule has 0 spiro atoms. The van der Waals surface area contributed by atoms with Crippen LogP contribution in [0.15, 0.2) is 24.5 Å². The van der Waals surface area contributed by atoms with Crippen molar-refractivity contribution in [3.05, 3.63) is 24.5 Å².